The smallest absolute Gasteiger partial charge is 0.343 e. The van der Waals surface area contributed by atoms with Gasteiger partial charge < -0.3 is 20.9 Å². The lowest BCUT2D eigenvalue weighted by molar-refractivity contribution is 0.0689. The van der Waals surface area contributed by atoms with Gasteiger partial charge in [-0.3, -0.25) is 0 Å². The average molecular weight is 252 g/mol. The summed E-state index contributed by atoms with van der Waals surface area (Å²) in [4.78, 5) is 19.3. The highest BCUT2D eigenvalue weighted by molar-refractivity contribution is 5.91. The zero-order chi connectivity index (χ0) is 13.1. The van der Waals surface area contributed by atoms with Crippen molar-refractivity contribution < 1.29 is 14.6 Å². The summed E-state index contributed by atoms with van der Waals surface area (Å²) in [6.07, 6.45) is 1.67. The molecule has 4 N–H and O–H groups in total. The molecule has 0 radical (unpaired) electrons. The molecule has 2 rings (SSSR count). The molecule has 1 aliphatic rings. The lowest BCUT2D eigenvalue weighted by atomic mass is 9.91. The van der Waals surface area contributed by atoms with E-state index in [1.165, 1.54) is 7.11 Å². The second kappa shape index (κ2) is 5.18. The van der Waals surface area contributed by atoms with E-state index in [1.807, 2.05) is 0 Å². The number of aromatic nitrogens is 2. The molecule has 7 nitrogen and oxygen atoms in total. The fourth-order valence-corrected chi connectivity index (χ4v) is 2.21. The minimum Gasteiger partial charge on any atom is -0.480 e. The largest absolute Gasteiger partial charge is 0.480 e. The number of nitrogens with zero attached hydrogens (tertiary/aromatic N) is 2. The summed E-state index contributed by atoms with van der Waals surface area (Å²) in [6, 6.07) is 0. The van der Waals surface area contributed by atoms with Crippen molar-refractivity contribution in [3.8, 4) is 5.88 Å². The number of nitrogens with two attached hydrogens (primary N) is 1. The molecular formula is C11H16N4O3. The van der Waals surface area contributed by atoms with Gasteiger partial charge in [0.15, 0.2) is 0 Å². The summed E-state index contributed by atoms with van der Waals surface area (Å²) in [7, 11) is 1.38. The summed E-state index contributed by atoms with van der Waals surface area (Å²) < 4.78 is 4.99. The predicted octanol–water partition coefficient (Wildman–Crippen LogP) is 0.233. The highest BCUT2D eigenvalue weighted by Gasteiger charge is 2.27. The molecule has 18 heavy (non-hydrogen) atoms. The summed E-state index contributed by atoms with van der Waals surface area (Å²) in [6.45, 7) is 1.69. The highest BCUT2D eigenvalue weighted by atomic mass is 16.5. The first kappa shape index (κ1) is 12.6. The maximum absolute atomic E-state index is 11.3. The van der Waals surface area contributed by atoms with Crippen LogP contribution in [0.3, 0.4) is 0 Å². The number of nitrogen functional groups attached to an aromatic ring is 1. The molecule has 0 atom stereocenters. The van der Waals surface area contributed by atoms with Gasteiger partial charge in [-0.1, -0.05) is 0 Å². The fraction of sp³-hybridized carbons (Fsp3) is 0.545. The summed E-state index contributed by atoms with van der Waals surface area (Å²) in [5, 5.41) is 12.5. The molecule has 98 valence electrons. The Hall–Kier alpha value is -1.89. The van der Waals surface area contributed by atoms with Crippen LogP contribution in [0.25, 0.3) is 0 Å². The van der Waals surface area contributed by atoms with Gasteiger partial charge >= 0.3 is 5.97 Å². The molecule has 1 fully saturated rings. The maximum atomic E-state index is 11.3. The third-order valence-corrected chi connectivity index (χ3v) is 3.05. The molecular weight excluding hydrogens is 236 g/mol. The Kier molecular flexibility index (Phi) is 3.61. The van der Waals surface area contributed by atoms with Crippen molar-refractivity contribution in [1.29, 1.82) is 0 Å². The van der Waals surface area contributed by atoms with Crippen molar-refractivity contribution in [2.24, 2.45) is 0 Å². The van der Waals surface area contributed by atoms with Gasteiger partial charge in [0.1, 0.15) is 5.56 Å². The van der Waals surface area contributed by atoms with Crippen LogP contribution in [0, 0.1) is 0 Å². The van der Waals surface area contributed by atoms with Crippen molar-refractivity contribution in [3.05, 3.63) is 11.3 Å². The van der Waals surface area contributed by atoms with Gasteiger partial charge in [0, 0.05) is 5.92 Å². The predicted molar refractivity (Wildman–Crippen MR) is 64.8 cm³/mol. The maximum Gasteiger partial charge on any atom is 0.343 e. The van der Waals surface area contributed by atoms with E-state index in [0.717, 1.165) is 25.9 Å². The number of piperidine rings is 1. The molecule has 0 unspecified atom stereocenters. The summed E-state index contributed by atoms with van der Waals surface area (Å²) in [5.74, 6) is -0.925. The standard InChI is InChI=1S/C11H16N4O3/c1-18-9-7(10(16)17)8(14-11(12)15-9)6-2-4-13-5-3-6/h6,13H,2-5H2,1H3,(H,16,17)(H2,12,14,15). The minimum absolute atomic E-state index is 0.0265. The van der Waals surface area contributed by atoms with Crippen LogP contribution in [0.5, 0.6) is 5.88 Å². The first-order valence-corrected chi connectivity index (χ1v) is 5.79. The molecule has 1 aromatic heterocycles. The Balaban J connectivity index is 2.49. The number of anilines is 1. The van der Waals surface area contributed by atoms with Gasteiger partial charge in [-0.15, -0.1) is 0 Å². The number of aromatic carboxylic acids is 1. The molecule has 0 amide bonds. The number of methoxy groups -OCH3 is 1. The number of hydrogen-bond donors (Lipinski definition) is 3. The third-order valence-electron chi connectivity index (χ3n) is 3.05. The van der Waals surface area contributed by atoms with E-state index in [2.05, 4.69) is 15.3 Å². The molecule has 0 saturated carbocycles. The topological polar surface area (TPSA) is 110 Å². The van der Waals surface area contributed by atoms with Crippen molar-refractivity contribution >= 4 is 11.9 Å². The number of rotatable bonds is 3. The van der Waals surface area contributed by atoms with Crippen LogP contribution in [0.1, 0.15) is 34.8 Å². The number of carboxylic acid groups (broad SMARTS) is 1. The number of hydrogen-bond acceptors (Lipinski definition) is 6. The summed E-state index contributed by atoms with van der Waals surface area (Å²) >= 11 is 0. The first-order valence-electron chi connectivity index (χ1n) is 5.79. The Labute approximate surface area is 104 Å². The van der Waals surface area contributed by atoms with Gasteiger partial charge in [0.2, 0.25) is 11.8 Å². The van der Waals surface area contributed by atoms with E-state index in [0.29, 0.717) is 5.69 Å². The van der Waals surface area contributed by atoms with Crippen molar-refractivity contribution in [1.82, 2.24) is 15.3 Å². The van der Waals surface area contributed by atoms with Gasteiger partial charge in [0.05, 0.1) is 12.8 Å². The van der Waals surface area contributed by atoms with Gasteiger partial charge in [-0.2, -0.15) is 4.98 Å². The molecule has 0 aliphatic carbocycles. The Morgan fingerprint density at radius 1 is 1.44 bits per heavy atom. The van der Waals surface area contributed by atoms with Crippen LogP contribution in [-0.2, 0) is 0 Å². The lowest BCUT2D eigenvalue weighted by Crippen LogP contribution is -2.28. The molecule has 0 aromatic carbocycles. The van der Waals surface area contributed by atoms with Crippen LogP contribution in [0.2, 0.25) is 0 Å². The Morgan fingerprint density at radius 3 is 2.67 bits per heavy atom. The normalized spacial score (nSPS) is 16.5. The lowest BCUT2D eigenvalue weighted by Gasteiger charge is -2.23. The molecule has 1 saturated heterocycles. The monoisotopic (exact) mass is 252 g/mol. The van der Waals surface area contributed by atoms with Crippen molar-refractivity contribution in [2.45, 2.75) is 18.8 Å². The molecule has 0 bridgehead atoms. The van der Waals surface area contributed by atoms with Crippen LogP contribution in [0.15, 0.2) is 0 Å². The average Bonchev–Trinajstić information content (AvgIpc) is 2.38. The van der Waals surface area contributed by atoms with Crippen molar-refractivity contribution in [2.75, 3.05) is 25.9 Å². The van der Waals surface area contributed by atoms with Crippen molar-refractivity contribution in [3.63, 3.8) is 0 Å². The second-order valence-electron chi connectivity index (χ2n) is 4.18. The third kappa shape index (κ3) is 2.35. The summed E-state index contributed by atoms with van der Waals surface area (Å²) in [5.41, 5.74) is 6.11. The van der Waals surface area contributed by atoms with E-state index in [4.69, 9.17) is 10.5 Å². The van der Waals surface area contributed by atoms with Crippen LogP contribution >= 0.6 is 0 Å². The zero-order valence-corrected chi connectivity index (χ0v) is 10.1. The van der Waals surface area contributed by atoms with E-state index in [-0.39, 0.29) is 23.3 Å². The molecule has 1 aromatic rings. The van der Waals surface area contributed by atoms with Crippen LogP contribution < -0.4 is 15.8 Å². The molecule has 7 heteroatoms. The number of ether oxygens (including phenoxy) is 1. The molecule has 2 heterocycles. The molecule has 1 aliphatic heterocycles. The fourth-order valence-electron chi connectivity index (χ4n) is 2.21. The van der Waals surface area contributed by atoms with E-state index in [9.17, 15) is 9.90 Å². The first-order chi connectivity index (χ1) is 8.63. The number of carboxylic acids is 1. The van der Waals surface area contributed by atoms with E-state index < -0.39 is 5.97 Å². The van der Waals surface area contributed by atoms with Gasteiger partial charge in [-0.25, -0.2) is 9.78 Å². The SMILES string of the molecule is COc1nc(N)nc(C2CCNCC2)c1C(=O)O. The van der Waals surface area contributed by atoms with Gasteiger partial charge in [0.25, 0.3) is 0 Å². The van der Waals surface area contributed by atoms with Crippen LogP contribution in [-0.4, -0.2) is 41.2 Å². The number of carbonyl (C=O) groups is 1. The van der Waals surface area contributed by atoms with E-state index in [1.54, 1.807) is 0 Å². The second-order valence-corrected chi connectivity index (χ2v) is 4.18. The highest BCUT2D eigenvalue weighted by Crippen LogP contribution is 2.31. The molecule has 0 spiro atoms. The Morgan fingerprint density at radius 2 is 2.11 bits per heavy atom. The van der Waals surface area contributed by atoms with Gasteiger partial charge in [-0.05, 0) is 25.9 Å². The Bertz CT molecular complexity index is 458. The number of nitrogens with one attached hydrogen (secondary N) is 1. The quantitative estimate of drug-likeness (QED) is 0.706. The zero-order valence-electron chi connectivity index (χ0n) is 10.1. The van der Waals surface area contributed by atoms with Crippen LogP contribution in [0.4, 0.5) is 5.95 Å². The minimum atomic E-state index is -1.08. The van der Waals surface area contributed by atoms with E-state index >= 15 is 0 Å².